The highest BCUT2D eigenvalue weighted by molar-refractivity contribution is 5.98. The fraction of sp³-hybridized carbons (Fsp3) is 0.480. The first-order valence-corrected chi connectivity index (χ1v) is 12.3. The Labute approximate surface area is 216 Å². The first kappa shape index (κ1) is 27.3. The van der Waals surface area contributed by atoms with Gasteiger partial charge in [0.25, 0.3) is 5.91 Å². The highest BCUT2D eigenvalue weighted by Crippen LogP contribution is 2.33. The molecule has 2 aromatic rings. The number of hydrogen-bond acceptors (Lipinski definition) is 6. The third-order valence-corrected chi connectivity index (χ3v) is 6.55. The molecule has 2 fully saturated rings. The van der Waals surface area contributed by atoms with Gasteiger partial charge in [0.05, 0.1) is 11.7 Å². The topological polar surface area (TPSA) is 142 Å². The van der Waals surface area contributed by atoms with Crippen molar-refractivity contribution in [1.82, 2.24) is 26.1 Å². The van der Waals surface area contributed by atoms with Crippen LogP contribution in [-0.2, 0) is 19.1 Å². The van der Waals surface area contributed by atoms with Crippen molar-refractivity contribution < 1.29 is 37.1 Å². The van der Waals surface area contributed by atoms with Crippen LogP contribution in [0.25, 0.3) is 11.3 Å². The number of rotatable bonds is 12. The maximum atomic E-state index is 13.2. The molecule has 3 atom stereocenters. The molecule has 1 aliphatic carbocycles. The van der Waals surface area contributed by atoms with Crippen molar-refractivity contribution in [2.75, 3.05) is 13.2 Å². The third-order valence-electron chi connectivity index (χ3n) is 6.55. The van der Waals surface area contributed by atoms with Crippen LogP contribution in [0.2, 0.25) is 0 Å². The minimum absolute atomic E-state index is 0.117. The number of carbonyl (C=O) groups excluding carboxylic acids is 4. The predicted octanol–water partition coefficient (Wildman–Crippen LogP) is 2.09. The molecule has 1 saturated carbocycles. The second kappa shape index (κ2) is 11.8. The molecule has 0 radical (unpaired) electrons. The standard InChI is InChI=1S/C25H28F3N5O5/c26-25(27,28)38-13-21(34)18(11-16-8-9-29-22(16)35)30-23(36)19(10-14-6-7-14)31-24(37)20-12-17(32-33-20)15-4-2-1-3-5-15/h1-5,12,14,16,18-19H,6-11,13H2,(H,29,35)(H,30,36)(H,31,37)(H,32,33). The third kappa shape index (κ3) is 7.63. The number of ketones is 1. The zero-order chi connectivity index (χ0) is 27.3. The SMILES string of the molecule is O=C(NC(CC1CC1)C(=O)NC(CC1CCNC1=O)C(=O)COC(F)(F)F)c1cc(-c2ccccc2)n[nH]1. The molecule has 204 valence electrons. The smallest absolute Gasteiger partial charge is 0.356 e. The van der Waals surface area contributed by atoms with Crippen LogP contribution in [0.15, 0.2) is 36.4 Å². The van der Waals surface area contributed by atoms with Gasteiger partial charge < -0.3 is 16.0 Å². The molecule has 0 spiro atoms. The number of ether oxygens (including phenoxy) is 1. The van der Waals surface area contributed by atoms with Crippen molar-refractivity contribution in [2.24, 2.45) is 11.8 Å². The molecule has 0 bridgehead atoms. The van der Waals surface area contributed by atoms with Crippen LogP contribution in [0.1, 0.15) is 42.6 Å². The first-order chi connectivity index (χ1) is 18.1. The molecule has 1 aliphatic heterocycles. The van der Waals surface area contributed by atoms with Gasteiger partial charge >= 0.3 is 6.36 Å². The zero-order valence-electron chi connectivity index (χ0n) is 20.3. The van der Waals surface area contributed by atoms with E-state index in [0.717, 1.165) is 18.4 Å². The summed E-state index contributed by atoms with van der Waals surface area (Å²) in [6.45, 7) is -0.939. The summed E-state index contributed by atoms with van der Waals surface area (Å²) in [5, 5.41) is 14.5. The van der Waals surface area contributed by atoms with Crippen LogP contribution in [0.3, 0.4) is 0 Å². The van der Waals surface area contributed by atoms with E-state index in [2.05, 4.69) is 30.9 Å². The number of halogens is 3. The number of H-pyrrole nitrogens is 1. The Kier molecular flexibility index (Phi) is 8.45. The summed E-state index contributed by atoms with van der Waals surface area (Å²) in [6.07, 6.45) is -2.80. The average molecular weight is 536 g/mol. The molecule has 2 heterocycles. The Balaban J connectivity index is 1.45. The molecule has 4 rings (SSSR count). The Morgan fingerprint density at radius 2 is 1.79 bits per heavy atom. The molecule has 2 aliphatic rings. The van der Waals surface area contributed by atoms with Gasteiger partial charge in [0.2, 0.25) is 11.8 Å². The van der Waals surface area contributed by atoms with E-state index in [1.54, 1.807) is 0 Å². The lowest BCUT2D eigenvalue weighted by atomic mass is 9.95. The lowest BCUT2D eigenvalue weighted by Gasteiger charge is -2.24. The summed E-state index contributed by atoms with van der Waals surface area (Å²) >= 11 is 0. The van der Waals surface area contributed by atoms with Crippen LogP contribution < -0.4 is 16.0 Å². The second-order valence-corrected chi connectivity index (χ2v) is 9.51. The first-order valence-electron chi connectivity index (χ1n) is 12.3. The molecule has 3 unspecified atom stereocenters. The quantitative estimate of drug-likeness (QED) is 0.328. The van der Waals surface area contributed by atoms with Crippen LogP contribution in [0.4, 0.5) is 13.2 Å². The molecular formula is C25H28F3N5O5. The van der Waals surface area contributed by atoms with Gasteiger partial charge in [0.15, 0.2) is 5.78 Å². The van der Waals surface area contributed by atoms with Gasteiger partial charge in [-0.15, -0.1) is 13.2 Å². The van der Waals surface area contributed by atoms with E-state index < -0.39 is 48.6 Å². The molecule has 13 heteroatoms. The second-order valence-electron chi connectivity index (χ2n) is 9.51. The Bertz CT molecular complexity index is 1170. The van der Waals surface area contributed by atoms with E-state index >= 15 is 0 Å². The van der Waals surface area contributed by atoms with Gasteiger partial charge in [0.1, 0.15) is 18.3 Å². The normalized spacial score (nSPS) is 18.9. The highest BCUT2D eigenvalue weighted by atomic mass is 19.4. The number of carbonyl (C=O) groups is 4. The number of alkyl halides is 3. The van der Waals surface area contributed by atoms with E-state index in [1.807, 2.05) is 30.3 Å². The van der Waals surface area contributed by atoms with Crippen LogP contribution in [0.5, 0.6) is 0 Å². The lowest BCUT2D eigenvalue weighted by molar-refractivity contribution is -0.321. The van der Waals surface area contributed by atoms with E-state index in [9.17, 15) is 32.3 Å². The summed E-state index contributed by atoms with van der Waals surface area (Å²) in [6, 6.07) is 8.24. The van der Waals surface area contributed by atoms with Gasteiger partial charge in [0, 0.05) is 18.0 Å². The largest absolute Gasteiger partial charge is 0.522 e. The van der Waals surface area contributed by atoms with Crippen molar-refractivity contribution in [3.8, 4) is 11.3 Å². The number of aromatic nitrogens is 2. The molecular weight excluding hydrogens is 507 g/mol. The number of nitrogens with zero attached hydrogens (tertiary/aromatic N) is 1. The number of benzene rings is 1. The van der Waals surface area contributed by atoms with Gasteiger partial charge in [-0.1, -0.05) is 43.2 Å². The summed E-state index contributed by atoms with van der Waals surface area (Å²) in [4.78, 5) is 50.7. The number of amides is 3. The number of aromatic amines is 1. The predicted molar refractivity (Wildman–Crippen MR) is 127 cm³/mol. The van der Waals surface area contributed by atoms with Crippen molar-refractivity contribution >= 4 is 23.5 Å². The van der Waals surface area contributed by atoms with E-state index in [1.165, 1.54) is 6.07 Å². The molecule has 3 amide bonds. The van der Waals surface area contributed by atoms with Crippen LogP contribution >= 0.6 is 0 Å². The lowest BCUT2D eigenvalue weighted by Crippen LogP contribution is -2.53. The van der Waals surface area contributed by atoms with Gasteiger partial charge in [-0.2, -0.15) is 5.10 Å². The monoisotopic (exact) mass is 535 g/mol. The minimum Gasteiger partial charge on any atom is -0.356 e. The van der Waals surface area contributed by atoms with Crippen molar-refractivity contribution in [3.63, 3.8) is 0 Å². The van der Waals surface area contributed by atoms with E-state index in [0.29, 0.717) is 25.1 Å². The Hall–Kier alpha value is -3.74. The Morgan fingerprint density at radius 3 is 2.42 bits per heavy atom. The van der Waals surface area contributed by atoms with E-state index in [-0.39, 0.29) is 23.9 Å². The number of nitrogens with one attached hydrogen (secondary N) is 4. The summed E-state index contributed by atoms with van der Waals surface area (Å²) in [5.41, 5.74) is 1.43. The fourth-order valence-electron chi connectivity index (χ4n) is 4.30. The summed E-state index contributed by atoms with van der Waals surface area (Å²) in [5.74, 6) is -3.14. The van der Waals surface area contributed by atoms with Crippen molar-refractivity contribution in [3.05, 3.63) is 42.1 Å². The van der Waals surface area contributed by atoms with Crippen LogP contribution in [-0.4, -0.2) is 65.3 Å². The number of Topliss-reactive ketones (excluding diaryl/α,β-unsaturated/α-hetero) is 1. The maximum absolute atomic E-state index is 13.2. The average Bonchev–Trinajstić information content (AvgIpc) is 3.39. The molecule has 1 aromatic heterocycles. The minimum atomic E-state index is -5.03. The summed E-state index contributed by atoms with van der Waals surface area (Å²) in [7, 11) is 0. The van der Waals surface area contributed by atoms with Gasteiger partial charge in [-0.25, -0.2) is 0 Å². The molecule has 10 nitrogen and oxygen atoms in total. The number of hydrogen-bond donors (Lipinski definition) is 4. The Morgan fingerprint density at radius 1 is 1.05 bits per heavy atom. The molecule has 1 aromatic carbocycles. The molecule has 38 heavy (non-hydrogen) atoms. The van der Waals surface area contributed by atoms with Gasteiger partial charge in [-0.05, 0) is 31.2 Å². The zero-order valence-corrected chi connectivity index (χ0v) is 20.3. The van der Waals surface area contributed by atoms with Crippen LogP contribution in [0, 0.1) is 11.8 Å². The summed E-state index contributed by atoms with van der Waals surface area (Å²) < 4.78 is 41.2. The van der Waals surface area contributed by atoms with Crippen molar-refractivity contribution in [2.45, 2.75) is 50.6 Å². The molecule has 4 N–H and O–H groups in total. The van der Waals surface area contributed by atoms with E-state index in [4.69, 9.17) is 0 Å². The fourth-order valence-corrected chi connectivity index (χ4v) is 4.30. The van der Waals surface area contributed by atoms with Gasteiger partial charge in [-0.3, -0.25) is 29.0 Å². The van der Waals surface area contributed by atoms with Crippen molar-refractivity contribution in [1.29, 1.82) is 0 Å². The maximum Gasteiger partial charge on any atom is 0.522 e. The highest BCUT2D eigenvalue weighted by Gasteiger charge is 2.37. The molecule has 1 saturated heterocycles.